The molecule has 2 heteroatoms. The van der Waals surface area contributed by atoms with Crippen molar-refractivity contribution in [2.45, 2.75) is 33.1 Å². The van der Waals surface area contributed by atoms with Gasteiger partial charge in [0.15, 0.2) is 0 Å². The highest BCUT2D eigenvalue weighted by molar-refractivity contribution is 5.17. The Balaban J connectivity index is 2.24. The van der Waals surface area contributed by atoms with Crippen LogP contribution in [0.25, 0.3) is 0 Å². The molecule has 16 heavy (non-hydrogen) atoms. The number of hydrogen-bond donors (Lipinski definition) is 1. The molecule has 0 spiro atoms. The maximum atomic E-state index is 4.02. The Hall–Kier alpha value is -1.15. The predicted octanol–water partition coefficient (Wildman–Crippen LogP) is 2.96. The molecule has 0 amide bonds. The van der Waals surface area contributed by atoms with Crippen LogP contribution < -0.4 is 5.32 Å². The second-order valence-corrected chi connectivity index (χ2v) is 4.12. The van der Waals surface area contributed by atoms with Crippen molar-refractivity contribution >= 4 is 0 Å². The van der Waals surface area contributed by atoms with Gasteiger partial charge in [0, 0.05) is 12.4 Å². The van der Waals surface area contributed by atoms with Gasteiger partial charge >= 0.3 is 0 Å². The molecule has 1 N–H and O–H groups in total. The summed E-state index contributed by atoms with van der Waals surface area (Å²) in [6.07, 6.45) is 9.40. The molecule has 0 aliphatic carbocycles. The minimum Gasteiger partial charge on any atom is -0.316 e. The lowest BCUT2D eigenvalue weighted by atomic mass is 10.1. The first-order valence-electron chi connectivity index (χ1n) is 6.08. The molecule has 0 aliphatic rings. The van der Waals surface area contributed by atoms with Crippen molar-refractivity contribution < 1.29 is 0 Å². The maximum absolute atomic E-state index is 4.02. The summed E-state index contributed by atoms with van der Waals surface area (Å²) < 4.78 is 0. The Kier molecular flexibility index (Phi) is 6.50. The second-order valence-electron chi connectivity index (χ2n) is 4.12. The summed E-state index contributed by atoms with van der Waals surface area (Å²) in [4.78, 5) is 4.02. The first-order chi connectivity index (χ1) is 7.83. The van der Waals surface area contributed by atoms with Crippen LogP contribution in [0.1, 0.15) is 32.3 Å². The number of nitrogens with one attached hydrogen (secondary N) is 1. The maximum Gasteiger partial charge on any atom is 0.0270 e. The third-order valence-electron chi connectivity index (χ3n) is 2.47. The largest absolute Gasteiger partial charge is 0.316 e. The minimum atomic E-state index is 1.04. The van der Waals surface area contributed by atoms with Gasteiger partial charge in [-0.25, -0.2) is 0 Å². The molecule has 0 saturated carbocycles. The zero-order valence-electron chi connectivity index (χ0n) is 10.4. The van der Waals surface area contributed by atoms with E-state index in [1.807, 2.05) is 12.4 Å². The van der Waals surface area contributed by atoms with Crippen LogP contribution in [-0.2, 0) is 6.42 Å². The first kappa shape index (κ1) is 12.9. The van der Waals surface area contributed by atoms with Crippen LogP contribution in [0.3, 0.4) is 0 Å². The van der Waals surface area contributed by atoms with E-state index in [1.165, 1.54) is 17.6 Å². The normalized spacial score (nSPS) is 11.8. The van der Waals surface area contributed by atoms with E-state index >= 15 is 0 Å². The summed E-state index contributed by atoms with van der Waals surface area (Å²) in [6, 6.07) is 4.15. The van der Waals surface area contributed by atoms with Crippen molar-refractivity contribution in [3.63, 3.8) is 0 Å². The molecule has 88 valence electrons. The van der Waals surface area contributed by atoms with Gasteiger partial charge in [0.05, 0.1) is 0 Å². The van der Waals surface area contributed by atoms with E-state index in [0.717, 1.165) is 25.9 Å². The van der Waals surface area contributed by atoms with Crippen molar-refractivity contribution in [1.82, 2.24) is 10.3 Å². The van der Waals surface area contributed by atoms with Crippen LogP contribution in [0.2, 0.25) is 0 Å². The molecule has 1 aromatic rings. The monoisotopic (exact) mass is 218 g/mol. The lowest BCUT2D eigenvalue weighted by molar-refractivity contribution is 0.677. The molecule has 0 aromatic carbocycles. The lowest BCUT2D eigenvalue weighted by Gasteiger charge is -2.03. The van der Waals surface area contributed by atoms with Gasteiger partial charge in [0.25, 0.3) is 0 Å². The third kappa shape index (κ3) is 5.66. The number of rotatable bonds is 7. The quantitative estimate of drug-likeness (QED) is 0.562. The summed E-state index contributed by atoms with van der Waals surface area (Å²) >= 11 is 0. The van der Waals surface area contributed by atoms with E-state index in [0.29, 0.717) is 0 Å². The number of pyridine rings is 1. The number of allylic oxidation sites excluding steroid dienone is 1. The summed E-state index contributed by atoms with van der Waals surface area (Å²) in [6.45, 7) is 6.59. The average Bonchev–Trinajstić information content (AvgIpc) is 2.30. The van der Waals surface area contributed by atoms with Crippen molar-refractivity contribution in [1.29, 1.82) is 0 Å². The van der Waals surface area contributed by atoms with Crippen molar-refractivity contribution in [2.24, 2.45) is 0 Å². The van der Waals surface area contributed by atoms with Gasteiger partial charge < -0.3 is 5.32 Å². The van der Waals surface area contributed by atoms with Crippen LogP contribution >= 0.6 is 0 Å². The van der Waals surface area contributed by atoms with Crippen LogP contribution in [0, 0.1) is 0 Å². The third-order valence-corrected chi connectivity index (χ3v) is 2.47. The number of hydrogen-bond acceptors (Lipinski definition) is 2. The summed E-state index contributed by atoms with van der Waals surface area (Å²) in [5.74, 6) is 0. The Morgan fingerprint density at radius 1 is 1.31 bits per heavy atom. The zero-order chi connectivity index (χ0) is 11.6. The molecular formula is C14H22N2. The van der Waals surface area contributed by atoms with Crippen molar-refractivity contribution in [2.75, 3.05) is 13.1 Å². The first-order valence-corrected chi connectivity index (χ1v) is 6.08. The number of nitrogens with zero attached hydrogens (tertiary/aromatic N) is 1. The lowest BCUT2D eigenvalue weighted by Crippen LogP contribution is -2.15. The number of aromatic nitrogens is 1. The summed E-state index contributed by atoms with van der Waals surface area (Å²) in [5, 5.41) is 3.40. The van der Waals surface area contributed by atoms with Gasteiger partial charge in [-0.2, -0.15) is 0 Å². The van der Waals surface area contributed by atoms with Gasteiger partial charge in [-0.3, -0.25) is 4.98 Å². The summed E-state index contributed by atoms with van der Waals surface area (Å²) in [7, 11) is 0. The van der Waals surface area contributed by atoms with Gasteiger partial charge in [-0.1, -0.05) is 18.6 Å². The fourth-order valence-electron chi connectivity index (χ4n) is 1.62. The molecule has 0 atom stereocenters. The van der Waals surface area contributed by atoms with E-state index in [-0.39, 0.29) is 0 Å². The van der Waals surface area contributed by atoms with Crippen molar-refractivity contribution in [3.8, 4) is 0 Å². The van der Waals surface area contributed by atoms with Gasteiger partial charge in [0.1, 0.15) is 0 Å². The molecule has 2 nitrogen and oxygen atoms in total. The van der Waals surface area contributed by atoms with Gasteiger partial charge in [0.2, 0.25) is 0 Å². The van der Waals surface area contributed by atoms with E-state index in [2.05, 4.69) is 42.4 Å². The Morgan fingerprint density at radius 2 is 2.06 bits per heavy atom. The molecule has 1 aromatic heterocycles. The van der Waals surface area contributed by atoms with Crippen LogP contribution in [0.15, 0.2) is 36.2 Å². The molecule has 0 aliphatic heterocycles. The topological polar surface area (TPSA) is 24.9 Å². The van der Waals surface area contributed by atoms with Crippen LogP contribution in [0.5, 0.6) is 0 Å². The fourth-order valence-corrected chi connectivity index (χ4v) is 1.62. The van der Waals surface area contributed by atoms with Crippen LogP contribution in [0.4, 0.5) is 0 Å². The van der Waals surface area contributed by atoms with E-state index in [9.17, 15) is 0 Å². The molecule has 0 saturated heterocycles. The SMILES string of the molecule is CCCNCCC=C(C)Cc1ccncc1. The second kappa shape index (κ2) is 8.05. The minimum absolute atomic E-state index is 1.04. The molecule has 0 fully saturated rings. The summed E-state index contributed by atoms with van der Waals surface area (Å²) in [5.41, 5.74) is 2.77. The average molecular weight is 218 g/mol. The Bertz CT molecular complexity index is 304. The molecule has 0 radical (unpaired) electrons. The Labute approximate surface area is 98.8 Å². The molecule has 0 bridgehead atoms. The molecule has 1 rings (SSSR count). The van der Waals surface area contributed by atoms with Crippen molar-refractivity contribution in [3.05, 3.63) is 41.7 Å². The van der Waals surface area contributed by atoms with E-state index < -0.39 is 0 Å². The standard InChI is InChI=1S/C14H22N2/c1-3-8-15-9-4-5-13(2)12-14-6-10-16-11-7-14/h5-7,10-11,15H,3-4,8-9,12H2,1-2H3. The molecule has 1 heterocycles. The molecular weight excluding hydrogens is 196 g/mol. The predicted molar refractivity (Wildman–Crippen MR) is 69.5 cm³/mol. The van der Waals surface area contributed by atoms with Gasteiger partial charge in [-0.15, -0.1) is 0 Å². The van der Waals surface area contributed by atoms with Gasteiger partial charge in [-0.05, 0) is 57.0 Å². The van der Waals surface area contributed by atoms with Crippen LogP contribution in [-0.4, -0.2) is 18.1 Å². The smallest absolute Gasteiger partial charge is 0.0270 e. The van der Waals surface area contributed by atoms with E-state index in [4.69, 9.17) is 0 Å². The van der Waals surface area contributed by atoms with E-state index in [1.54, 1.807) is 0 Å². The zero-order valence-corrected chi connectivity index (χ0v) is 10.4. The Morgan fingerprint density at radius 3 is 2.75 bits per heavy atom. The highest BCUT2D eigenvalue weighted by Gasteiger charge is 1.93. The molecule has 0 unspecified atom stereocenters. The highest BCUT2D eigenvalue weighted by atomic mass is 14.8. The fraction of sp³-hybridized carbons (Fsp3) is 0.500. The highest BCUT2D eigenvalue weighted by Crippen LogP contribution is 2.06.